The van der Waals surface area contributed by atoms with Gasteiger partial charge in [-0.15, -0.1) is 0 Å². The minimum Gasteiger partial charge on any atom is -0.379 e. The van der Waals surface area contributed by atoms with Crippen molar-refractivity contribution in [3.63, 3.8) is 0 Å². The van der Waals surface area contributed by atoms with Crippen LogP contribution in [-0.4, -0.2) is 6.04 Å². The fourth-order valence-electron chi connectivity index (χ4n) is 1.98. The Hall–Kier alpha value is -2.28. The van der Waals surface area contributed by atoms with Crippen LogP contribution >= 0.6 is 0 Å². The molecule has 0 bridgehead atoms. The lowest BCUT2D eigenvalue weighted by Gasteiger charge is -2.12. The molecule has 96 valence electrons. The number of benzene rings is 2. The third-order valence-corrected chi connectivity index (χ3v) is 2.90. The van der Waals surface area contributed by atoms with E-state index in [1.165, 1.54) is 11.1 Å². The van der Waals surface area contributed by atoms with Gasteiger partial charge in [-0.05, 0) is 30.2 Å². The topological polar surface area (TPSA) is 12.0 Å². The fraction of sp³-hybridized carbons (Fsp3) is 0.111. The third kappa shape index (κ3) is 3.85. The summed E-state index contributed by atoms with van der Waals surface area (Å²) < 4.78 is 0. The van der Waals surface area contributed by atoms with Crippen LogP contribution in [0, 0.1) is 0 Å². The van der Waals surface area contributed by atoms with E-state index in [0.717, 1.165) is 5.69 Å². The van der Waals surface area contributed by atoms with E-state index in [2.05, 4.69) is 73.4 Å². The molecular formula is C18H19N. The highest BCUT2D eigenvalue weighted by Gasteiger charge is 2.00. The Morgan fingerprint density at radius 3 is 2.47 bits per heavy atom. The Balaban J connectivity index is 2.16. The van der Waals surface area contributed by atoms with E-state index in [9.17, 15) is 0 Å². The fourth-order valence-corrected chi connectivity index (χ4v) is 1.98. The van der Waals surface area contributed by atoms with Crippen LogP contribution in [0.2, 0.25) is 0 Å². The van der Waals surface area contributed by atoms with Crippen molar-refractivity contribution >= 4 is 5.69 Å². The second kappa shape index (κ2) is 6.60. The molecule has 0 fully saturated rings. The van der Waals surface area contributed by atoms with Gasteiger partial charge in [0.2, 0.25) is 0 Å². The Morgan fingerprint density at radius 2 is 1.74 bits per heavy atom. The Morgan fingerprint density at radius 1 is 1.00 bits per heavy atom. The van der Waals surface area contributed by atoms with Crippen LogP contribution in [0.25, 0.3) is 11.1 Å². The number of allylic oxidation sites excluding steroid dienone is 2. The molecule has 1 unspecified atom stereocenters. The summed E-state index contributed by atoms with van der Waals surface area (Å²) in [5, 5.41) is 3.45. The monoisotopic (exact) mass is 249 g/mol. The average Bonchev–Trinajstić information content (AvgIpc) is 2.46. The molecule has 1 heteroatoms. The summed E-state index contributed by atoms with van der Waals surface area (Å²) in [7, 11) is 0. The molecule has 2 rings (SSSR count). The molecule has 2 aromatic carbocycles. The molecule has 1 N–H and O–H groups in total. The second-order valence-electron chi connectivity index (χ2n) is 4.50. The van der Waals surface area contributed by atoms with Crippen molar-refractivity contribution in [3.05, 3.63) is 79.4 Å². The number of hydrogen-bond acceptors (Lipinski definition) is 1. The maximum atomic E-state index is 3.68. The molecule has 2 aromatic rings. The third-order valence-electron chi connectivity index (χ3n) is 2.90. The Labute approximate surface area is 115 Å². The predicted octanol–water partition coefficient (Wildman–Crippen LogP) is 4.90. The van der Waals surface area contributed by atoms with Crippen LogP contribution in [0.5, 0.6) is 0 Å². The molecule has 0 aromatic heterocycles. The zero-order valence-corrected chi connectivity index (χ0v) is 11.2. The van der Waals surface area contributed by atoms with Crippen molar-refractivity contribution in [1.82, 2.24) is 0 Å². The van der Waals surface area contributed by atoms with Crippen molar-refractivity contribution in [2.75, 3.05) is 5.32 Å². The number of rotatable bonds is 5. The van der Waals surface area contributed by atoms with Crippen molar-refractivity contribution in [3.8, 4) is 11.1 Å². The molecule has 1 nitrogen and oxygen atoms in total. The summed E-state index contributed by atoms with van der Waals surface area (Å²) in [6, 6.07) is 19.2. The molecule has 0 saturated carbocycles. The van der Waals surface area contributed by atoms with Crippen LogP contribution in [0.4, 0.5) is 5.69 Å². The second-order valence-corrected chi connectivity index (χ2v) is 4.50. The van der Waals surface area contributed by atoms with E-state index in [1.807, 2.05) is 12.1 Å². The molecule has 0 amide bonds. The van der Waals surface area contributed by atoms with E-state index in [1.54, 1.807) is 6.08 Å². The normalized spacial score (nSPS) is 12.3. The van der Waals surface area contributed by atoms with Gasteiger partial charge in [0.25, 0.3) is 0 Å². The lowest BCUT2D eigenvalue weighted by molar-refractivity contribution is 0.998. The number of nitrogens with one attached hydrogen (secondary N) is 1. The number of anilines is 1. The molecule has 0 spiro atoms. The average molecular weight is 249 g/mol. The molecule has 0 radical (unpaired) electrons. The molecule has 1 atom stereocenters. The maximum Gasteiger partial charge on any atom is 0.0419 e. The van der Waals surface area contributed by atoms with Crippen LogP contribution in [-0.2, 0) is 0 Å². The van der Waals surface area contributed by atoms with Crippen LogP contribution in [0.15, 0.2) is 79.4 Å². The summed E-state index contributed by atoms with van der Waals surface area (Å²) >= 11 is 0. The smallest absolute Gasteiger partial charge is 0.0419 e. The lowest BCUT2D eigenvalue weighted by atomic mass is 10.1. The highest BCUT2D eigenvalue weighted by Crippen LogP contribution is 2.22. The lowest BCUT2D eigenvalue weighted by Crippen LogP contribution is -2.11. The van der Waals surface area contributed by atoms with Gasteiger partial charge in [-0.25, -0.2) is 0 Å². The highest BCUT2D eigenvalue weighted by atomic mass is 14.9. The molecule has 0 aliphatic carbocycles. The van der Waals surface area contributed by atoms with Crippen molar-refractivity contribution in [1.29, 1.82) is 0 Å². The standard InChI is InChI=1S/C18H19N/c1-3-4-9-15(2)19-18-13-8-12-17(14-18)16-10-6-5-7-11-16/h3-15,19H,1H2,2H3/b9-4-. The van der Waals surface area contributed by atoms with Gasteiger partial charge < -0.3 is 5.32 Å². The first kappa shape index (κ1) is 13.2. The minimum absolute atomic E-state index is 0.282. The summed E-state index contributed by atoms with van der Waals surface area (Å²) in [4.78, 5) is 0. The molecule has 0 aliphatic heterocycles. The Bertz CT molecular complexity index is 555. The summed E-state index contributed by atoms with van der Waals surface area (Å²) in [5.74, 6) is 0. The van der Waals surface area contributed by atoms with Crippen molar-refractivity contribution in [2.24, 2.45) is 0 Å². The highest BCUT2D eigenvalue weighted by molar-refractivity contribution is 5.68. The molecule has 0 heterocycles. The first-order chi connectivity index (χ1) is 9.29. The summed E-state index contributed by atoms with van der Waals surface area (Å²) in [6.45, 7) is 5.80. The molecular weight excluding hydrogens is 230 g/mol. The van der Waals surface area contributed by atoms with E-state index < -0.39 is 0 Å². The van der Waals surface area contributed by atoms with Crippen LogP contribution in [0.3, 0.4) is 0 Å². The minimum atomic E-state index is 0.282. The van der Waals surface area contributed by atoms with Gasteiger partial charge >= 0.3 is 0 Å². The van der Waals surface area contributed by atoms with E-state index in [4.69, 9.17) is 0 Å². The summed E-state index contributed by atoms with van der Waals surface area (Å²) in [5.41, 5.74) is 3.59. The SMILES string of the molecule is C=C/C=C\C(C)Nc1cccc(-c2ccccc2)c1. The quantitative estimate of drug-likeness (QED) is 0.743. The van der Waals surface area contributed by atoms with Crippen molar-refractivity contribution < 1.29 is 0 Å². The molecule has 0 aliphatic rings. The van der Waals surface area contributed by atoms with Gasteiger partial charge in [-0.3, -0.25) is 0 Å². The van der Waals surface area contributed by atoms with Gasteiger partial charge in [0, 0.05) is 11.7 Å². The summed E-state index contributed by atoms with van der Waals surface area (Å²) in [6.07, 6.45) is 5.83. The molecule has 0 saturated heterocycles. The Kier molecular flexibility index (Phi) is 4.57. The van der Waals surface area contributed by atoms with E-state index in [-0.39, 0.29) is 6.04 Å². The maximum absolute atomic E-state index is 3.68. The van der Waals surface area contributed by atoms with Crippen LogP contribution < -0.4 is 5.32 Å². The largest absolute Gasteiger partial charge is 0.379 e. The predicted molar refractivity (Wildman–Crippen MR) is 84.3 cm³/mol. The molecule has 19 heavy (non-hydrogen) atoms. The van der Waals surface area contributed by atoms with E-state index >= 15 is 0 Å². The van der Waals surface area contributed by atoms with Gasteiger partial charge in [0.15, 0.2) is 0 Å². The van der Waals surface area contributed by atoms with Gasteiger partial charge in [0.1, 0.15) is 0 Å². The van der Waals surface area contributed by atoms with E-state index in [0.29, 0.717) is 0 Å². The van der Waals surface area contributed by atoms with Gasteiger partial charge in [-0.1, -0.05) is 67.3 Å². The zero-order chi connectivity index (χ0) is 13.5. The first-order valence-electron chi connectivity index (χ1n) is 6.51. The van der Waals surface area contributed by atoms with Crippen LogP contribution in [0.1, 0.15) is 6.92 Å². The first-order valence-corrected chi connectivity index (χ1v) is 6.51. The van der Waals surface area contributed by atoms with Gasteiger partial charge in [0.05, 0.1) is 0 Å². The van der Waals surface area contributed by atoms with Crippen molar-refractivity contribution in [2.45, 2.75) is 13.0 Å². The zero-order valence-electron chi connectivity index (χ0n) is 11.2. The number of hydrogen-bond donors (Lipinski definition) is 1. The van der Waals surface area contributed by atoms with Gasteiger partial charge in [-0.2, -0.15) is 0 Å².